The number of carbonyl (C=O) groups is 2. The minimum absolute atomic E-state index is 0.0290. The third-order valence-electron chi connectivity index (χ3n) is 3.51. The van der Waals surface area contributed by atoms with Gasteiger partial charge in [0.1, 0.15) is 0 Å². The van der Waals surface area contributed by atoms with Gasteiger partial charge in [0.15, 0.2) is 0 Å². The molecular formula is C16H23N3O3. The third kappa shape index (κ3) is 4.21. The lowest BCUT2D eigenvalue weighted by atomic mass is 10.1. The molecular weight excluding hydrogens is 282 g/mol. The summed E-state index contributed by atoms with van der Waals surface area (Å²) in [5.74, 6) is -0.142. The highest BCUT2D eigenvalue weighted by Crippen LogP contribution is 2.21. The SMILES string of the molecule is CC(=O)Nc1ccc(C)c(NC(=O)N2C[C@H](C)O[C@@H](C)C2)c1. The minimum atomic E-state index is -0.148. The van der Waals surface area contributed by atoms with Crippen LogP contribution >= 0.6 is 0 Å². The Morgan fingerprint density at radius 2 is 1.82 bits per heavy atom. The smallest absolute Gasteiger partial charge is 0.322 e. The summed E-state index contributed by atoms with van der Waals surface area (Å²) in [6.45, 7) is 8.42. The molecule has 1 saturated heterocycles. The fraction of sp³-hybridized carbons (Fsp3) is 0.500. The fourth-order valence-corrected chi connectivity index (χ4v) is 2.58. The molecule has 0 aliphatic carbocycles. The van der Waals surface area contributed by atoms with E-state index in [4.69, 9.17) is 4.74 Å². The topological polar surface area (TPSA) is 70.7 Å². The van der Waals surface area contributed by atoms with Crippen LogP contribution in [0.15, 0.2) is 18.2 Å². The standard InChI is InChI=1S/C16H23N3O3/c1-10-5-6-14(17-13(4)20)7-15(10)18-16(21)19-8-11(2)22-12(3)9-19/h5-7,11-12H,8-9H2,1-4H3,(H,17,20)(H,18,21)/t11-,12-/m0/s1. The first-order valence-electron chi connectivity index (χ1n) is 7.44. The van der Waals surface area contributed by atoms with Gasteiger partial charge < -0.3 is 20.3 Å². The average Bonchev–Trinajstić information content (AvgIpc) is 2.40. The van der Waals surface area contributed by atoms with E-state index in [0.29, 0.717) is 24.5 Å². The van der Waals surface area contributed by atoms with Crippen molar-refractivity contribution in [3.63, 3.8) is 0 Å². The van der Waals surface area contributed by atoms with Gasteiger partial charge in [-0.3, -0.25) is 4.79 Å². The molecule has 3 amide bonds. The fourth-order valence-electron chi connectivity index (χ4n) is 2.58. The van der Waals surface area contributed by atoms with Crippen LogP contribution in [0.3, 0.4) is 0 Å². The Labute approximate surface area is 130 Å². The van der Waals surface area contributed by atoms with E-state index in [1.54, 1.807) is 11.0 Å². The molecule has 0 saturated carbocycles. The van der Waals surface area contributed by atoms with Crippen LogP contribution in [0.5, 0.6) is 0 Å². The van der Waals surface area contributed by atoms with Crippen molar-refractivity contribution in [3.05, 3.63) is 23.8 Å². The van der Waals surface area contributed by atoms with E-state index in [-0.39, 0.29) is 24.1 Å². The number of carbonyl (C=O) groups excluding carboxylic acids is 2. The van der Waals surface area contributed by atoms with Gasteiger partial charge in [0.25, 0.3) is 0 Å². The summed E-state index contributed by atoms with van der Waals surface area (Å²) in [6, 6.07) is 5.30. The number of benzene rings is 1. The van der Waals surface area contributed by atoms with Crippen LogP contribution in [0.1, 0.15) is 26.3 Å². The Hall–Kier alpha value is -2.08. The van der Waals surface area contributed by atoms with Gasteiger partial charge in [-0.05, 0) is 38.5 Å². The van der Waals surface area contributed by atoms with E-state index >= 15 is 0 Å². The number of urea groups is 1. The van der Waals surface area contributed by atoms with Crippen LogP contribution in [0.25, 0.3) is 0 Å². The summed E-state index contributed by atoms with van der Waals surface area (Å²) in [5.41, 5.74) is 2.30. The van der Waals surface area contributed by atoms with Gasteiger partial charge in [0.05, 0.1) is 12.2 Å². The number of aryl methyl sites for hydroxylation is 1. The molecule has 1 fully saturated rings. The van der Waals surface area contributed by atoms with Crippen LogP contribution in [0.2, 0.25) is 0 Å². The molecule has 22 heavy (non-hydrogen) atoms. The summed E-state index contributed by atoms with van der Waals surface area (Å²) in [6.07, 6.45) is 0.0580. The van der Waals surface area contributed by atoms with Crippen LogP contribution in [0.4, 0.5) is 16.2 Å². The van der Waals surface area contributed by atoms with Gasteiger partial charge in [0.2, 0.25) is 5.91 Å². The number of anilines is 2. The van der Waals surface area contributed by atoms with Gasteiger partial charge in [-0.2, -0.15) is 0 Å². The van der Waals surface area contributed by atoms with Crippen LogP contribution in [0, 0.1) is 6.92 Å². The van der Waals surface area contributed by atoms with Crippen LogP contribution in [-0.2, 0) is 9.53 Å². The molecule has 2 rings (SSSR count). The Balaban J connectivity index is 2.09. The molecule has 0 unspecified atom stereocenters. The molecule has 0 spiro atoms. The Kier molecular flexibility index (Phi) is 5.03. The maximum Gasteiger partial charge on any atom is 0.322 e. The number of rotatable bonds is 2. The molecule has 2 N–H and O–H groups in total. The summed E-state index contributed by atoms with van der Waals surface area (Å²) in [4.78, 5) is 25.3. The second-order valence-electron chi connectivity index (χ2n) is 5.80. The molecule has 0 radical (unpaired) electrons. The van der Waals surface area contributed by atoms with Crippen molar-refractivity contribution in [2.45, 2.75) is 39.9 Å². The van der Waals surface area contributed by atoms with Gasteiger partial charge in [0, 0.05) is 31.4 Å². The molecule has 120 valence electrons. The Morgan fingerprint density at radius 1 is 1.18 bits per heavy atom. The summed E-state index contributed by atoms with van der Waals surface area (Å²) in [5, 5.41) is 5.63. The summed E-state index contributed by atoms with van der Waals surface area (Å²) in [7, 11) is 0. The Bertz CT molecular complexity index is 564. The monoisotopic (exact) mass is 305 g/mol. The maximum atomic E-state index is 12.4. The highest BCUT2D eigenvalue weighted by atomic mass is 16.5. The molecule has 1 aromatic carbocycles. The van der Waals surface area contributed by atoms with Crippen molar-refractivity contribution in [2.24, 2.45) is 0 Å². The molecule has 0 aromatic heterocycles. The van der Waals surface area contributed by atoms with Gasteiger partial charge in [-0.25, -0.2) is 4.79 Å². The molecule has 1 aliphatic heterocycles. The second-order valence-corrected chi connectivity index (χ2v) is 5.80. The van der Waals surface area contributed by atoms with Crippen molar-refractivity contribution in [3.8, 4) is 0 Å². The van der Waals surface area contributed by atoms with E-state index < -0.39 is 0 Å². The lowest BCUT2D eigenvalue weighted by Gasteiger charge is -2.35. The number of hydrogen-bond donors (Lipinski definition) is 2. The third-order valence-corrected chi connectivity index (χ3v) is 3.51. The van der Waals surface area contributed by atoms with Crippen molar-refractivity contribution < 1.29 is 14.3 Å². The van der Waals surface area contributed by atoms with E-state index in [9.17, 15) is 9.59 Å². The normalized spacial score (nSPS) is 21.4. The molecule has 2 atom stereocenters. The van der Waals surface area contributed by atoms with Gasteiger partial charge in [-0.1, -0.05) is 6.07 Å². The number of morpholine rings is 1. The zero-order chi connectivity index (χ0) is 16.3. The van der Waals surface area contributed by atoms with Gasteiger partial charge in [-0.15, -0.1) is 0 Å². The minimum Gasteiger partial charge on any atom is -0.372 e. The molecule has 0 bridgehead atoms. The van der Waals surface area contributed by atoms with E-state index in [2.05, 4.69) is 10.6 Å². The highest BCUT2D eigenvalue weighted by molar-refractivity contribution is 5.93. The first kappa shape index (κ1) is 16.3. The first-order chi connectivity index (χ1) is 10.3. The van der Waals surface area contributed by atoms with E-state index in [0.717, 1.165) is 5.56 Å². The van der Waals surface area contributed by atoms with Crippen molar-refractivity contribution in [1.29, 1.82) is 0 Å². The average molecular weight is 305 g/mol. The lowest BCUT2D eigenvalue weighted by Crippen LogP contribution is -2.49. The summed E-state index contributed by atoms with van der Waals surface area (Å²) < 4.78 is 5.63. The zero-order valence-corrected chi connectivity index (χ0v) is 13.5. The summed E-state index contributed by atoms with van der Waals surface area (Å²) >= 11 is 0. The second kappa shape index (κ2) is 6.79. The van der Waals surface area contributed by atoms with Crippen LogP contribution < -0.4 is 10.6 Å². The van der Waals surface area contributed by atoms with Crippen molar-refractivity contribution in [1.82, 2.24) is 4.90 Å². The number of nitrogens with one attached hydrogen (secondary N) is 2. The van der Waals surface area contributed by atoms with E-state index in [1.807, 2.05) is 32.9 Å². The first-order valence-corrected chi connectivity index (χ1v) is 7.44. The van der Waals surface area contributed by atoms with Crippen LogP contribution in [-0.4, -0.2) is 42.1 Å². The largest absolute Gasteiger partial charge is 0.372 e. The molecule has 6 heteroatoms. The molecule has 1 heterocycles. The molecule has 1 aromatic rings. The molecule has 6 nitrogen and oxygen atoms in total. The number of amides is 3. The van der Waals surface area contributed by atoms with Crippen molar-refractivity contribution >= 4 is 23.3 Å². The number of ether oxygens (including phenoxy) is 1. The maximum absolute atomic E-state index is 12.4. The van der Waals surface area contributed by atoms with E-state index in [1.165, 1.54) is 6.92 Å². The molecule has 1 aliphatic rings. The number of nitrogens with zero attached hydrogens (tertiary/aromatic N) is 1. The zero-order valence-electron chi connectivity index (χ0n) is 13.5. The highest BCUT2D eigenvalue weighted by Gasteiger charge is 2.26. The number of hydrogen-bond acceptors (Lipinski definition) is 3. The quantitative estimate of drug-likeness (QED) is 0.882. The van der Waals surface area contributed by atoms with Gasteiger partial charge >= 0.3 is 6.03 Å². The van der Waals surface area contributed by atoms with Crippen molar-refractivity contribution in [2.75, 3.05) is 23.7 Å². The predicted molar refractivity (Wildman–Crippen MR) is 86.1 cm³/mol. The lowest BCUT2D eigenvalue weighted by molar-refractivity contribution is -0.114. The predicted octanol–water partition coefficient (Wildman–Crippen LogP) is 2.59. The Morgan fingerprint density at radius 3 is 2.41 bits per heavy atom.